The normalized spacial score (nSPS) is 12.6. The average molecular weight is 1110 g/mol. The fraction of sp³-hybridized carbons (Fsp3) is 0.818. The van der Waals surface area contributed by atoms with Crippen LogP contribution >= 0.6 is 0 Å². The summed E-state index contributed by atoms with van der Waals surface area (Å²) in [6, 6.07) is 0. The van der Waals surface area contributed by atoms with Gasteiger partial charge in [-0.15, -0.1) is 0 Å². The van der Waals surface area contributed by atoms with Gasteiger partial charge in [-0.05, 0) is 54.4 Å². The van der Waals surface area contributed by atoms with E-state index >= 15 is 0 Å². The molecule has 5 atom stereocenters. The van der Waals surface area contributed by atoms with Crippen LogP contribution in [0.4, 0.5) is 0 Å². The monoisotopic (exact) mass is 1110 g/mol. The van der Waals surface area contributed by atoms with E-state index in [0.29, 0.717) is 0 Å². The molecule has 0 aromatic carbocycles. The van der Waals surface area contributed by atoms with Gasteiger partial charge in [-0.3, -0.25) is 14.4 Å². The van der Waals surface area contributed by atoms with Gasteiger partial charge in [0.15, 0.2) is 18.3 Å². The van der Waals surface area contributed by atoms with E-state index in [1.165, 1.54) is 196 Å². The molecule has 0 saturated heterocycles. The van der Waals surface area contributed by atoms with Crippen molar-refractivity contribution in [3.63, 3.8) is 0 Å². The summed E-state index contributed by atoms with van der Waals surface area (Å²) in [5, 5.41) is 30.8. The molecule has 0 heterocycles. The molecule has 426 valence electrons. The molecular formula is C55H95CaNaO18. The maximum absolute atomic E-state index is 11.8. The quantitative estimate of drug-likeness (QED) is 0.0105. The van der Waals surface area contributed by atoms with Gasteiger partial charge in [-0.1, -0.05) is 194 Å². The molecular weight excluding hydrogens is 1010 g/mol. The smallest absolute Gasteiger partial charge is 0.664 e. The van der Waals surface area contributed by atoms with Gasteiger partial charge < -0.3 is 58.4 Å². The molecule has 0 spiro atoms. The van der Waals surface area contributed by atoms with Gasteiger partial charge in [-0.2, -0.15) is 0 Å². The van der Waals surface area contributed by atoms with E-state index < -0.39 is 72.3 Å². The van der Waals surface area contributed by atoms with E-state index in [0.717, 1.165) is 44.8 Å². The van der Waals surface area contributed by atoms with Gasteiger partial charge in [0.25, 0.3) is 6.47 Å². The summed E-state index contributed by atoms with van der Waals surface area (Å²) in [6.45, 7) is 12.4. The van der Waals surface area contributed by atoms with E-state index in [2.05, 4.69) is 37.7 Å². The van der Waals surface area contributed by atoms with Crippen LogP contribution in [0.2, 0.25) is 0 Å². The third kappa shape index (κ3) is 57.5. The predicted molar refractivity (Wildman–Crippen MR) is 275 cm³/mol. The van der Waals surface area contributed by atoms with Crippen LogP contribution in [-0.4, -0.2) is 117 Å². The van der Waals surface area contributed by atoms with Crippen molar-refractivity contribution in [2.24, 2.45) is 0 Å². The molecule has 0 bridgehead atoms. The Hall–Kier alpha value is -2.48. The van der Waals surface area contributed by atoms with Crippen LogP contribution in [-0.2, 0) is 71.7 Å². The maximum atomic E-state index is 11.8. The summed E-state index contributed by atoms with van der Waals surface area (Å²) in [7, 11) is 0. The van der Waals surface area contributed by atoms with E-state index in [1.54, 1.807) is 0 Å². The summed E-state index contributed by atoms with van der Waals surface area (Å²) >= 11 is 0. The third-order valence-electron chi connectivity index (χ3n) is 11.6. The molecule has 0 rings (SSSR count). The molecule has 0 N–H and O–H groups in total. The first kappa shape index (κ1) is 81.4. The molecule has 0 aromatic heterocycles. The molecule has 0 radical (unpaired) electrons. The number of unbranched alkanes of at least 4 members (excludes halogenated alkanes) is 28. The zero-order chi connectivity index (χ0) is 55.5. The second-order valence-electron chi connectivity index (χ2n) is 18.6. The SMILES string of the molecule is C/C(=C/OC(=O)C(C)OC=O)O[O-].CCCCCCCCCCCCCCCCCC(=O)OC(C)C(=O)OC(C)C(=O)[O-].CCCCCCCCCCCCCCCCCC(=O)OC(C)C(=O)OC(C)C(=O)[O-].[Ca+2].[Na+]. The zero-order valence-corrected chi connectivity index (χ0v) is 51.9. The summed E-state index contributed by atoms with van der Waals surface area (Å²) < 4.78 is 27.9. The number of esters is 5. The number of carboxylic acids is 2. The molecule has 0 aromatic rings. The Morgan fingerprint density at radius 1 is 0.413 bits per heavy atom. The van der Waals surface area contributed by atoms with Crippen molar-refractivity contribution in [2.75, 3.05) is 0 Å². The molecule has 0 saturated carbocycles. The van der Waals surface area contributed by atoms with E-state index in [1.807, 2.05) is 0 Å². The van der Waals surface area contributed by atoms with Crippen LogP contribution in [0.3, 0.4) is 0 Å². The largest absolute Gasteiger partial charge is 2.00 e. The topological polar surface area (TPSA) is 270 Å². The number of allylic oxidation sites excluding steroid dienone is 1. The minimum absolute atomic E-state index is 0. The number of carbonyl (C=O) groups is 8. The van der Waals surface area contributed by atoms with E-state index in [9.17, 15) is 53.8 Å². The van der Waals surface area contributed by atoms with Crippen molar-refractivity contribution in [3.05, 3.63) is 12.0 Å². The molecule has 75 heavy (non-hydrogen) atoms. The Labute approximate surface area is 502 Å². The van der Waals surface area contributed by atoms with Crippen LogP contribution < -0.4 is 45.0 Å². The first-order valence-corrected chi connectivity index (χ1v) is 27.4. The van der Waals surface area contributed by atoms with Crippen LogP contribution in [0.25, 0.3) is 0 Å². The number of carboxylic acid groups (broad SMARTS) is 2. The number of carbonyl (C=O) groups excluding carboxylic acids is 8. The van der Waals surface area contributed by atoms with Crippen LogP contribution in [0.1, 0.15) is 261 Å². The van der Waals surface area contributed by atoms with Gasteiger partial charge in [-0.25, -0.2) is 14.4 Å². The summed E-state index contributed by atoms with van der Waals surface area (Å²) in [5.41, 5.74) is 0. The summed E-state index contributed by atoms with van der Waals surface area (Å²) in [6.07, 6.45) is 33.0. The van der Waals surface area contributed by atoms with Crippen molar-refractivity contribution in [1.29, 1.82) is 0 Å². The molecule has 18 nitrogen and oxygen atoms in total. The van der Waals surface area contributed by atoms with Crippen molar-refractivity contribution in [3.8, 4) is 0 Å². The Morgan fingerprint density at radius 2 is 0.680 bits per heavy atom. The van der Waals surface area contributed by atoms with Crippen molar-refractivity contribution in [1.82, 2.24) is 0 Å². The van der Waals surface area contributed by atoms with Gasteiger partial charge >= 0.3 is 97.1 Å². The Balaban J connectivity index is -0.000000346. The third-order valence-corrected chi connectivity index (χ3v) is 11.6. The van der Waals surface area contributed by atoms with Crippen molar-refractivity contribution < 1.29 is 117 Å². The maximum Gasteiger partial charge on any atom is 2.00 e. The number of rotatable bonds is 45. The molecule has 0 aliphatic carbocycles. The Kier molecular flexibility index (Phi) is 64.2. The van der Waals surface area contributed by atoms with Crippen LogP contribution in [0.5, 0.6) is 0 Å². The Bertz CT molecular complexity index is 1400. The molecule has 5 unspecified atom stereocenters. The first-order valence-electron chi connectivity index (χ1n) is 27.4. The summed E-state index contributed by atoms with van der Waals surface area (Å²) in [5.74, 6) is -6.55. The molecule has 0 fully saturated rings. The molecule has 0 aliphatic rings. The van der Waals surface area contributed by atoms with Gasteiger partial charge in [0.05, 0.1) is 11.9 Å². The second kappa shape index (κ2) is 59.2. The first-order chi connectivity index (χ1) is 34.9. The average Bonchev–Trinajstić information content (AvgIpc) is 3.35. The fourth-order valence-corrected chi connectivity index (χ4v) is 6.92. The van der Waals surface area contributed by atoms with Gasteiger partial charge in [0.1, 0.15) is 24.2 Å². The molecule has 20 heteroatoms. The molecule has 0 aliphatic heterocycles. The fourth-order valence-electron chi connectivity index (χ4n) is 6.92. The minimum atomic E-state index is -1.49. The number of hydrogen-bond donors (Lipinski definition) is 0. The van der Waals surface area contributed by atoms with Crippen LogP contribution in [0.15, 0.2) is 12.0 Å². The van der Waals surface area contributed by atoms with Crippen LogP contribution in [0, 0.1) is 0 Å². The predicted octanol–water partition coefficient (Wildman–Crippen LogP) is 5.59. The number of ether oxygens (including phenoxy) is 6. The minimum Gasteiger partial charge on any atom is -0.664 e. The summed E-state index contributed by atoms with van der Waals surface area (Å²) in [4.78, 5) is 91.9. The van der Waals surface area contributed by atoms with E-state index in [4.69, 9.17) is 9.47 Å². The van der Waals surface area contributed by atoms with Gasteiger partial charge in [0, 0.05) is 12.8 Å². The van der Waals surface area contributed by atoms with Crippen molar-refractivity contribution >= 4 is 86.0 Å². The number of hydrogen-bond acceptors (Lipinski definition) is 18. The standard InChI is InChI=1S/2C24H44O6.C7H10O6.Ca.Na/c2*1-4-5-6-7-8-9-10-11-12-13-14-15-16-17-18-19-22(25)29-21(3)24(28)30-20(2)23(26)27;1-5(13-10)3-11-7(9)6(2)12-4-8;;/h2*20-21H,4-19H2,1-3H3,(H,26,27);3-4,6,10H,1-2H3;;/q;;;+2;+1/p-3/b;;5-3-;;. The van der Waals surface area contributed by atoms with Gasteiger partial charge in [0.2, 0.25) is 0 Å². The second-order valence-corrected chi connectivity index (χ2v) is 18.6. The van der Waals surface area contributed by atoms with E-state index in [-0.39, 0.29) is 92.4 Å². The number of aliphatic carboxylic acids is 2. The van der Waals surface area contributed by atoms with Crippen molar-refractivity contribution in [2.45, 2.75) is 291 Å². The zero-order valence-electron chi connectivity index (χ0n) is 47.7. The Morgan fingerprint density at radius 3 is 0.920 bits per heavy atom. The molecule has 0 amide bonds.